The Morgan fingerprint density at radius 2 is 0.562 bits per heavy atom. The molecule has 0 heterocycles. The van der Waals surface area contributed by atoms with E-state index in [9.17, 15) is 14.4 Å². The average Bonchev–Trinajstić information content (AvgIpc) is 3.39. The van der Waals surface area contributed by atoms with Crippen molar-refractivity contribution >= 4 is 17.9 Å². The molecule has 0 aliphatic rings. The lowest BCUT2D eigenvalue weighted by Crippen LogP contribution is -2.30. The van der Waals surface area contributed by atoms with Gasteiger partial charge in [0, 0.05) is 19.3 Å². The van der Waals surface area contributed by atoms with Gasteiger partial charge in [-0.25, -0.2) is 0 Å². The maximum Gasteiger partial charge on any atom is 0.306 e. The highest BCUT2D eigenvalue weighted by Gasteiger charge is 2.19. The van der Waals surface area contributed by atoms with Crippen molar-refractivity contribution < 1.29 is 28.6 Å². The van der Waals surface area contributed by atoms with Crippen molar-refractivity contribution in [1.82, 2.24) is 0 Å². The fourth-order valence-corrected chi connectivity index (χ4v) is 8.76. The van der Waals surface area contributed by atoms with Gasteiger partial charge in [0.05, 0.1) is 0 Å². The molecule has 1 atom stereocenters. The van der Waals surface area contributed by atoms with Crippen LogP contribution in [0.2, 0.25) is 0 Å². The largest absolute Gasteiger partial charge is 0.462 e. The minimum atomic E-state index is -0.811. The number of rotatable bonds is 56. The second kappa shape index (κ2) is 61.1. The molecule has 0 saturated carbocycles. The van der Waals surface area contributed by atoms with E-state index in [1.54, 1.807) is 0 Å². The van der Waals surface area contributed by atoms with Gasteiger partial charge in [0.2, 0.25) is 0 Å². The van der Waals surface area contributed by atoms with Gasteiger partial charge in [-0.2, -0.15) is 0 Å². The van der Waals surface area contributed by atoms with Gasteiger partial charge in [-0.15, -0.1) is 0 Å². The summed E-state index contributed by atoms with van der Waals surface area (Å²) < 4.78 is 16.8. The first kappa shape index (κ1) is 69.6. The summed E-state index contributed by atoms with van der Waals surface area (Å²) in [5.41, 5.74) is 0. The second-order valence-corrected chi connectivity index (χ2v) is 20.6. The molecule has 0 aromatic rings. The highest BCUT2D eigenvalue weighted by Crippen LogP contribution is 2.16. The number of hydrogen-bond acceptors (Lipinski definition) is 6. The smallest absolute Gasteiger partial charge is 0.306 e. The molecule has 0 N–H and O–H groups in total. The Morgan fingerprint density at radius 1 is 0.288 bits per heavy atom. The molecule has 0 fully saturated rings. The molecule has 0 radical (unpaired) electrons. The molecule has 6 nitrogen and oxygen atoms in total. The summed E-state index contributed by atoms with van der Waals surface area (Å²) in [6.07, 6.45) is 80.2. The lowest BCUT2D eigenvalue weighted by molar-refractivity contribution is -0.166. The van der Waals surface area contributed by atoms with E-state index in [1.807, 2.05) is 6.08 Å². The number of hydrogen-bond donors (Lipinski definition) is 0. The van der Waals surface area contributed by atoms with Gasteiger partial charge in [0.1, 0.15) is 13.2 Å². The molecule has 0 amide bonds. The van der Waals surface area contributed by atoms with Crippen LogP contribution in [0, 0.1) is 0 Å². The summed E-state index contributed by atoms with van der Waals surface area (Å²) in [6, 6.07) is 0. The van der Waals surface area contributed by atoms with Gasteiger partial charge in [-0.05, 0) is 83.5 Å². The van der Waals surface area contributed by atoms with Gasteiger partial charge in [0.25, 0.3) is 0 Å². The summed E-state index contributed by atoms with van der Waals surface area (Å²) in [5.74, 6) is -0.984. The van der Waals surface area contributed by atoms with Gasteiger partial charge in [-0.3, -0.25) is 14.4 Å². The minimum absolute atomic E-state index is 0.101. The van der Waals surface area contributed by atoms with Crippen LogP contribution in [-0.2, 0) is 28.6 Å². The molecule has 420 valence electrons. The SMILES string of the molecule is CC/C=C\C/C=C\C/C=C\C/C=C\C/C=C\C/C=C\CCC(=O)OCC(COC(=O)CCCCCCCCCCCCCCCCCCCC)OC(=O)CCCCCCC/C=C\CCCCCCCCCCC. The Hall–Kier alpha value is -3.41. The maximum atomic E-state index is 12.9. The van der Waals surface area contributed by atoms with E-state index in [-0.39, 0.29) is 37.5 Å². The van der Waals surface area contributed by atoms with Crippen LogP contribution in [0.4, 0.5) is 0 Å². The molecule has 0 aliphatic carbocycles. The molecular weight excluding hydrogens is 901 g/mol. The predicted octanol–water partition coefficient (Wildman–Crippen LogP) is 21.1. The third kappa shape index (κ3) is 59.3. The van der Waals surface area contributed by atoms with Crippen LogP contribution in [0.3, 0.4) is 0 Å². The molecule has 73 heavy (non-hydrogen) atoms. The number of ether oxygens (including phenoxy) is 3. The van der Waals surface area contributed by atoms with E-state index in [1.165, 1.54) is 167 Å². The molecular formula is C67H116O6. The molecule has 0 saturated heterocycles. The van der Waals surface area contributed by atoms with Crippen LogP contribution in [0.1, 0.15) is 303 Å². The van der Waals surface area contributed by atoms with Gasteiger partial charge in [-0.1, -0.05) is 286 Å². The maximum absolute atomic E-state index is 12.9. The molecule has 0 aliphatic heterocycles. The third-order valence-corrected chi connectivity index (χ3v) is 13.4. The van der Waals surface area contributed by atoms with Gasteiger partial charge >= 0.3 is 17.9 Å². The van der Waals surface area contributed by atoms with Crippen molar-refractivity contribution in [2.45, 2.75) is 309 Å². The van der Waals surface area contributed by atoms with Gasteiger partial charge in [0.15, 0.2) is 6.10 Å². The number of esters is 3. The highest BCUT2D eigenvalue weighted by molar-refractivity contribution is 5.71. The Labute approximate surface area is 452 Å². The number of allylic oxidation sites excluding steroid dienone is 14. The van der Waals surface area contributed by atoms with Crippen molar-refractivity contribution in [3.63, 3.8) is 0 Å². The lowest BCUT2D eigenvalue weighted by Gasteiger charge is -2.18. The zero-order valence-electron chi connectivity index (χ0n) is 48.1. The Bertz CT molecular complexity index is 1400. The molecule has 1 unspecified atom stereocenters. The third-order valence-electron chi connectivity index (χ3n) is 13.4. The summed E-state index contributed by atoms with van der Waals surface area (Å²) >= 11 is 0. The van der Waals surface area contributed by atoms with Crippen LogP contribution < -0.4 is 0 Å². The molecule has 0 aromatic carbocycles. The van der Waals surface area contributed by atoms with Gasteiger partial charge < -0.3 is 14.2 Å². The van der Waals surface area contributed by atoms with Crippen LogP contribution in [0.25, 0.3) is 0 Å². The normalized spacial score (nSPS) is 12.6. The van der Waals surface area contributed by atoms with Crippen LogP contribution >= 0.6 is 0 Å². The van der Waals surface area contributed by atoms with Crippen LogP contribution in [0.5, 0.6) is 0 Å². The summed E-state index contributed by atoms with van der Waals surface area (Å²) in [5, 5.41) is 0. The first-order valence-corrected chi connectivity index (χ1v) is 31.1. The van der Waals surface area contributed by atoms with Crippen LogP contribution in [0.15, 0.2) is 85.1 Å². The van der Waals surface area contributed by atoms with Crippen molar-refractivity contribution in [3.8, 4) is 0 Å². The zero-order valence-corrected chi connectivity index (χ0v) is 48.1. The quantitative estimate of drug-likeness (QED) is 0.0261. The topological polar surface area (TPSA) is 78.9 Å². The fourth-order valence-electron chi connectivity index (χ4n) is 8.76. The van der Waals surface area contributed by atoms with Crippen molar-refractivity contribution in [3.05, 3.63) is 85.1 Å². The van der Waals surface area contributed by atoms with E-state index < -0.39 is 6.10 Å². The summed E-state index contributed by atoms with van der Waals surface area (Å²) in [7, 11) is 0. The lowest BCUT2D eigenvalue weighted by atomic mass is 10.0. The Kier molecular flexibility index (Phi) is 58.3. The fraction of sp³-hybridized carbons (Fsp3) is 0.746. The van der Waals surface area contributed by atoms with Crippen molar-refractivity contribution in [2.75, 3.05) is 13.2 Å². The monoisotopic (exact) mass is 1020 g/mol. The first-order valence-electron chi connectivity index (χ1n) is 31.1. The molecule has 0 spiro atoms. The number of carbonyl (C=O) groups excluding carboxylic acids is 3. The van der Waals surface area contributed by atoms with Crippen LogP contribution in [-0.4, -0.2) is 37.2 Å². The molecule has 0 aromatic heterocycles. The Balaban J connectivity index is 4.48. The number of unbranched alkanes of at least 4 members (excludes halogenated alkanes) is 31. The van der Waals surface area contributed by atoms with E-state index >= 15 is 0 Å². The van der Waals surface area contributed by atoms with E-state index in [0.717, 1.165) is 89.9 Å². The summed E-state index contributed by atoms with van der Waals surface area (Å²) in [4.78, 5) is 38.2. The Morgan fingerprint density at radius 3 is 0.918 bits per heavy atom. The standard InChI is InChI=1S/C67H116O6/c1-4-7-10-13-16-19-22-25-28-31-34-37-39-42-45-48-51-54-57-60-66(69)72-63-64(73-67(70)61-58-55-52-49-46-43-40-36-33-30-27-24-21-18-15-12-9-6-3)62-71-65(68)59-56-53-50-47-44-41-38-35-32-29-26-23-20-17-14-11-8-5-2/h7,10,16,19,25,28,34,36-37,40,42,45,51,54,64H,4-6,8-9,11-15,17-18,20-24,26-27,29-33,35,38-39,41,43-44,46-50,52-53,55-63H2,1-3H3/b10-7-,19-16-,28-25-,37-34-,40-36-,45-42-,54-51-. The first-order chi connectivity index (χ1) is 36.0. The summed E-state index contributed by atoms with van der Waals surface area (Å²) in [6.45, 7) is 6.49. The number of carbonyl (C=O) groups is 3. The average molecular weight is 1020 g/mol. The molecule has 6 heteroatoms. The molecule has 0 bridgehead atoms. The minimum Gasteiger partial charge on any atom is -0.462 e. The second-order valence-electron chi connectivity index (χ2n) is 20.6. The zero-order chi connectivity index (χ0) is 52.9. The van der Waals surface area contributed by atoms with E-state index in [2.05, 4.69) is 99.8 Å². The van der Waals surface area contributed by atoms with Crippen molar-refractivity contribution in [2.24, 2.45) is 0 Å². The van der Waals surface area contributed by atoms with E-state index in [0.29, 0.717) is 19.3 Å². The van der Waals surface area contributed by atoms with Crippen molar-refractivity contribution in [1.29, 1.82) is 0 Å². The molecule has 0 rings (SSSR count). The highest BCUT2D eigenvalue weighted by atomic mass is 16.6. The van der Waals surface area contributed by atoms with E-state index in [4.69, 9.17) is 14.2 Å². The predicted molar refractivity (Wildman–Crippen MR) is 316 cm³/mol.